The van der Waals surface area contributed by atoms with Gasteiger partial charge < -0.3 is 9.47 Å². The van der Waals surface area contributed by atoms with Gasteiger partial charge in [0.2, 0.25) is 0 Å². The summed E-state index contributed by atoms with van der Waals surface area (Å²) in [4.78, 5) is 14.2. The van der Waals surface area contributed by atoms with Crippen LogP contribution in [0, 0.1) is 5.92 Å². The molecule has 1 unspecified atom stereocenters. The molecule has 0 amide bonds. The number of fused-ring (bicyclic) bond motifs is 1. The number of pyridine rings is 1. The molecule has 3 heterocycles. The molecule has 0 spiro atoms. The van der Waals surface area contributed by atoms with Crippen molar-refractivity contribution in [2.24, 2.45) is 13.0 Å². The summed E-state index contributed by atoms with van der Waals surface area (Å²) in [6, 6.07) is 10.7. The van der Waals surface area contributed by atoms with Crippen LogP contribution in [0.3, 0.4) is 0 Å². The molecule has 1 atom stereocenters. The minimum absolute atomic E-state index is 0.596. The van der Waals surface area contributed by atoms with E-state index in [4.69, 9.17) is 0 Å². The van der Waals surface area contributed by atoms with Gasteiger partial charge in [-0.2, -0.15) is 0 Å². The Morgan fingerprint density at radius 1 is 1.04 bits per heavy atom. The van der Waals surface area contributed by atoms with Crippen molar-refractivity contribution in [2.45, 2.75) is 13.0 Å². The van der Waals surface area contributed by atoms with Gasteiger partial charge in [0, 0.05) is 57.6 Å². The van der Waals surface area contributed by atoms with Crippen LogP contribution in [0.4, 0.5) is 0 Å². The van der Waals surface area contributed by atoms with Crippen LogP contribution in [0.15, 0.2) is 49.1 Å². The second-order valence-electron chi connectivity index (χ2n) is 7.59. The number of aromatic nitrogens is 3. The van der Waals surface area contributed by atoms with Crippen LogP contribution in [-0.2, 0) is 20.0 Å². The smallest absolute Gasteiger partial charge is 0.0947 e. The van der Waals surface area contributed by atoms with E-state index in [1.165, 1.54) is 10.9 Å². The zero-order valence-corrected chi connectivity index (χ0v) is 15.7. The molecule has 2 aromatic heterocycles. The van der Waals surface area contributed by atoms with Crippen molar-refractivity contribution in [3.8, 4) is 0 Å². The van der Waals surface area contributed by atoms with Gasteiger partial charge in [-0.25, -0.2) is 4.98 Å². The first-order valence-electron chi connectivity index (χ1n) is 9.38. The van der Waals surface area contributed by atoms with Gasteiger partial charge in [-0.3, -0.25) is 9.88 Å². The van der Waals surface area contributed by atoms with Crippen LogP contribution in [-0.4, -0.2) is 57.6 Å². The van der Waals surface area contributed by atoms with E-state index in [-0.39, 0.29) is 0 Å². The SMILES string of the molecule is CN1CCN(Cc2cn(C)cn2)CC(Cc2cccc3cccnc23)C1. The lowest BCUT2D eigenvalue weighted by atomic mass is 9.96. The van der Waals surface area contributed by atoms with Gasteiger partial charge in [0.25, 0.3) is 0 Å². The second-order valence-corrected chi connectivity index (χ2v) is 7.59. The van der Waals surface area contributed by atoms with E-state index in [2.05, 4.69) is 57.3 Å². The first-order valence-corrected chi connectivity index (χ1v) is 9.38. The highest BCUT2D eigenvalue weighted by Crippen LogP contribution is 2.22. The highest BCUT2D eigenvalue weighted by atomic mass is 15.2. The number of nitrogens with zero attached hydrogens (tertiary/aromatic N) is 5. The van der Waals surface area contributed by atoms with E-state index < -0.39 is 0 Å². The minimum Gasteiger partial charge on any atom is -0.340 e. The molecule has 1 aliphatic heterocycles. The lowest BCUT2D eigenvalue weighted by Gasteiger charge is -2.23. The van der Waals surface area contributed by atoms with E-state index in [0.29, 0.717) is 5.92 Å². The maximum Gasteiger partial charge on any atom is 0.0947 e. The number of rotatable bonds is 4. The maximum atomic E-state index is 4.64. The fraction of sp³-hybridized carbons (Fsp3) is 0.429. The molecule has 0 N–H and O–H groups in total. The van der Waals surface area contributed by atoms with Crippen LogP contribution < -0.4 is 0 Å². The molecule has 1 aliphatic rings. The standard InChI is InChI=1S/C21H27N5/c1-24-9-10-26(15-20-14-25(2)16-23-20)13-17(12-24)11-19-6-3-5-18-7-4-8-22-21(18)19/h3-8,14,16-17H,9-13,15H2,1-2H3. The van der Waals surface area contributed by atoms with E-state index in [1.807, 2.05) is 30.2 Å². The van der Waals surface area contributed by atoms with Crippen molar-refractivity contribution in [1.29, 1.82) is 0 Å². The molecule has 136 valence electrons. The van der Waals surface area contributed by atoms with Gasteiger partial charge in [0.1, 0.15) is 0 Å². The summed E-state index contributed by atoms with van der Waals surface area (Å²) >= 11 is 0. The normalized spacial score (nSPS) is 19.7. The van der Waals surface area contributed by atoms with Gasteiger partial charge in [0.15, 0.2) is 0 Å². The number of imidazole rings is 1. The van der Waals surface area contributed by atoms with E-state index in [0.717, 1.165) is 50.4 Å². The first-order chi connectivity index (χ1) is 12.7. The van der Waals surface area contributed by atoms with Gasteiger partial charge in [-0.15, -0.1) is 0 Å². The van der Waals surface area contributed by atoms with Crippen molar-refractivity contribution in [1.82, 2.24) is 24.3 Å². The van der Waals surface area contributed by atoms with Crippen molar-refractivity contribution < 1.29 is 0 Å². The fourth-order valence-corrected chi connectivity index (χ4v) is 4.05. The third-order valence-electron chi connectivity index (χ3n) is 5.25. The fourth-order valence-electron chi connectivity index (χ4n) is 4.05. The van der Waals surface area contributed by atoms with E-state index in [9.17, 15) is 0 Å². The summed E-state index contributed by atoms with van der Waals surface area (Å²) in [6.07, 6.45) is 6.98. The Balaban J connectivity index is 1.52. The Kier molecular flexibility index (Phi) is 5.00. The molecule has 5 heteroatoms. The topological polar surface area (TPSA) is 37.2 Å². The summed E-state index contributed by atoms with van der Waals surface area (Å²) in [5, 5.41) is 1.23. The Morgan fingerprint density at radius 3 is 2.77 bits per heavy atom. The van der Waals surface area contributed by atoms with Crippen LogP contribution in [0.25, 0.3) is 10.9 Å². The van der Waals surface area contributed by atoms with Gasteiger partial charge in [-0.1, -0.05) is 24.3 Å². The van der Waals surface area contributed by atoms with E-state index >= 15 is 0 Å². The molecule has 0 radical (unpaired) electrons. The summed E-state index contributed by atoms with van der Waals surface area (Å²) < 4.78 is 2.03. The monoisotopic (exact) mass is 349 g/mol. The molecule has 26 heavy (non-hydrogen) atoms. The average Bonchev–Trinajstić information content (AvgIpc) is 2.96. The molecule has 5 nitrogen and oxygen atoms in total. The minimum atomic E-state index is 0.596. The van der Waals surface area contributed by atoms with E-state index in [1.54, 1.807) is 0 Å². The van der Waals surface area contributed by atoms with Crippen LogP contribution in [0.1, 0.15) is 11.3 Å². The predicted molar refractivity (Wildman–Crippen MR) is 105 cm³/mol. The quantitative estimate of drug-likeness (QED) is 0.725. The first kappa shape index (κ1) is 17.2. The Bertz CT molecular complexity index is 866. The number of benzene rings is 1. The molecule has 0 bridgehead atoms. The molecule has 0 saturated carbocycles. The summed E-state index contributed by atoms with van der Waals surface area (Å²) in [7, 11) is 4.27. The molecule has 1 fully saturated rings. The van der Waals surface area contributed by atoms with Crippen molar-refractivity contribution in [2.75, 3.05) is 33.2 Å². The van der Waals surface area contributed by atoms with Crippen LogP contribution in [0.2, 0.25) is 0 Å². The van der Waals surface area contributed by atoms with Crippen LogP contribution >= 0.6 is 0 Å². The average molecular weight is 349 g/mol. The van der Waals surface area contributed by atoms with Crippen molar-refractivity contribution in [3.63, 3.8) is 0 Å². The largest absolute Gasteiger partial charge is 0.340 e. The molecule has 1 aromatic carbocycles. The molecule has 3 aromatic rings. The molecular weight excluding hydrogens is 322 g/mol. The van der Waals surface area contributed by atoms with Gasteiger partial charge in [0.05, 0.1) is 17.5 Å². The Labute approximate surface area is 155 Å². The third kappa shape index (κ3) is 3.94. The lowest BCUT2D eigenvalue weighted by molar-refractivity contribution is 0.246. The molecule has 4 rings (SSSR count). The maximum absolute atomic E-state index is 4.64. The van der Waals surface area contributed by atoms with Crippen molar-refractivity contribution in [3.05, 3.63) is 60.3 Å². The van der Waals surface area contributed by atoms with Crippen molar-refractivity contribution >= 4 is 10.9 Å². The molecular formula is C21H27N5. The number of para-hydroxylation sites is 1. The third-order valence-corrected chi connectivity index (χ3v) is 5.25. The molecule has 0 aliphatic carbocycles. The Morgan fingerprint density at radius 2 is 1.92 bits per heavy atom. The number of hydrogen-bond donors (Lipinski definition) is 0. The lowest BCUT2D eigenvalue weighted by Crippen LogP contribution is -2.30. The van der Waals surface area contributed by atoms with Crippen LogP contribution in [0.5, 0.6) is 0 Å². The number of aryl methyl sites for hydroxylation is 1. The molecule has 1 saturated heterocycles. The predicted octanol–water partition coefficient (Wildman–Crippen LogP) is 2.57. The number of likely N-dealkylation sites (N-methyl/N-ethyl adjacent to an activating group) is 1. The van der Waals surface area contributed by atoms with Gasteiger partial charge >= 0.3 is 0 Å². The zero-order valence-electron chi connectivity index (χ0n) is 15.7. The second kappa shape index (κ2) is 7.56. The zero-order chi connectivity index (χ0) is 17.9. The number of hydrogen-bond acceptors (Lipinski definition) is 4. The van der Waals surface area contributed by atoms with Gasteiger partial charge in [-0.05, 0) is 31.0 Å². The highest BCUT2D eigenvalue weighted by Gasteiger charge is 2.22. The summed E-state index contributed by atoms with van der Waals surface area (Å²) in [5.41, 5.74) is 3.67. The highest BCUT2D eigenvalue weighted by molar-refractivity contribution is 5.81. The summed E-state index contributed by atoms with van der Waals surface area (Å²) in [6.45, 7) is 5.36. The summed E-state index contributed by atoms with van der Waals surface area (Å²) in [5.74, 6) is 0.596. The Hall–Kier alpha value is -2.24.